The number of nitriles is 2. The molecular formula is C26H23ClN6O2. The lowest BCUT2D eigenvalue weighted by atomic mass is 9.99. The molecule has 4 rings (SSSR count). The van der Waals surface area contributed by atoms with Gasteiger partial charge in [-0.1, -0.05) is 17.7 Å². The van der Waals surface area contributed by atoms with Gasteiger partial charge in [-0.2, -0.15) is 15.6 Å². The van der Waals surface area contributed by atoms with Crippen LogP contribution >= 0.6 is 11.6 Å². The highest BCUT2D eigenvalue weighted by Crippen LogP contribution is 2.33. The van der Waals surface area contributed by atoms with Crippen molar-refractivity contribution >= 4 is 28.3 Å². The van der Waals surface area contributed by atoms with Crippen LogP contribution in [-0.2, 0) is 5.54 Å². The highest BCUT2D eigenvalue weighted by atomic mass is 35.5. The Morgan fingerprint density at radius 1 is 1.23 bits per heavy atom. The third-order valence-electron chi connectivity index (χ3n) is 5.89. The van der Waals surface area contributed by atoms with Crippen molar-refractivity contribution < 1.29 is 4.42 Å². The van der Waals surface area contributed by atoms with Gasteiger partial charge in [-0.05, 0) is 58.4 Å². The Kier molecular flexibility index (Phi) is 6.10. The van der Waals surface area contributed by atoms with E-state index in [9.17, 15) is 15.3 Å². The molecule has 0 radical (unpaired) electrons. The molecule has 0 aliphatic heterocycles. The normalized spacial score (nSPS) is 12.2. The van der Waals surface area contributed by atoms with E-state index in [1.54, 1.807) is 56.0 Å². The molecule has 4 aromatic rings. The maximum absolute atomic E-state index is 13.4. The van der Waals surface area contributed by atoms with Crippen molar-refractivity contribution in [2.45, 2.75) is 46.2 Å². The van der Waals surface area contributed by atoms with E-state index < -0.39 is 5.54 Å². The van der Waals surface area contributed by atoms with Crippen molar-refractivity contribution in [1.82, 2.24) is 14.8 Å². The van der Waals surface area contributed by atoms with Gasteiger partial charge in [0.1, 0.15) is 28.1 Å². The van der Waals surface area contributed by atoms with Gasteiger partial charge >= 0.3 is 0 Å². The molecule has 1 aromatic carbocycles. The molecular weight excluding hydrogens is 464 g/mol. The molecule has 1 atom stereocenters. The average molecular weight is 487 g/mol. The van der Waals surface area contributed by atoms with Crippen LogP contribution in [-0.4, -0.2) is 14.8 Å². The van der Waals surface area contributed by atoms with Crippen LogP contribution in [0.3, 0.4) is 0 Å². The minimum absolute atomic E-state index is 0.142. The van der Waals surface area contributed by atoms with Crippen molar-refractivity contribution in [3.05, 3.63) is 74.4 Å². The first-order valence-electron chi connectivity index (χ1n) is 10.9. The van der Waals surface area contributed by atoms with Crippen LogP contribution in [0.2, 0.25) is 5.15 Å². The van der Waals surface area contributed by atoms with E-state index >= 15 is 0 Å². The van der Waals surface area contributed by atoms with Crippen molar-refractivity contribution in [3.8, 4) is 23.5 Å². The molecule has 1 unspecified atom stereocenters. The molecule has 0 fully saturated rings. The SMILES string of the molecule is Cc1cc(C(C)Nc2ccc(Cl)nc2C#N)c2oc(-c3cnn(C(C)(C)C#N)c3)c(C)c(=O)c2c1. The summed E-state index contributed by atoms with van der Waals surface area (Å²) >= 11 is 5.93. The van der Waals surface area contributed by atoms with Crippen LogP contribution in [0.5, 0.6) is 0 Å². The molecule has 0 amide bonds. The van der Waals surface area contributed by atoms with Crippen LogP contribution in [0.1, 0.15) is 49.2 Å². The molecule has 35 heavy (non-hydrogen) atoms. The lowest BCUT2D eigenvalue weighted by Crippen LogP contribution is -2.24. The fourth-order valence-corrected chi connectivity index (χ4v) is 4.06. The molecule has 0 aliphatic carbocycles. The summed E-state index contributed by atoms with van der Waals surface area (Å²) in [6, 6.07) is 11.0. The number of aromatic nitrogens is 3. The van der Waals surface area contributed by atoms with E-state index in [2.05, 4.69) is 21.5 Å². The first kappa shape index (κ1) is 24.0. The number of anilines is 1. The molecule has 0 aliphatic rings. The van der Waals surface area contributed by atoms with Crippen molar-refractivity contribution in [2.24, 2.45) is 0 Å². The second-order valence-electron chi connectivity index (χ2n) is 8.97. The molecule has 9 heteroatoms. The zero-order valence-corrected chi connectivity index (χ0v) is 20.7. The Hall–Kier alpha value is -4.14. The maximum atomic E-state index is 13.4. The predicted molar refractivity (Wildman–Crippen MR) is 134 cm³/mol. The van der Waals surface area contributed by atoms with E-state index in [1.807, 2.05) is 26.0 Å². The Bertz CT molecular complexity index is 1600. The summed E-state index contributed by atoms with van der Waals surface area (Å²) < 4.78 is 7.91. The van der Waals surface area contributed by atoms with Gasteiger partial charge < -0.3 is 9.73 Å². The topological polar surface area (TPSA) is 121 Å². The van der Waals surface area contributed by atoms with E-state index in [4.69, 9.17) is 16.0 Å². The molecule has 0 spiro atoms. The molecule has 0 saturated heterocycles. The molecule has 176 valence electrons. The fourth-order valence-electron chi connectivity index (χ4n) is 3.91. The summed E-state index contributed by atoms with van der Waals surface area (Å²) in [5, 5.41) is 27.2. The van der Waals surface area contributed by atoms with Crippen LogP contribution < -0.4 is 10.7 Å². The van der Waals surface area contributed by atoms with Gasteiger partial charge in [0, 0.05) is 17.3 Å². The summed E-state index contributed by atoms with van der Waals surface area (Å²) in [6.45, 7) is 9.05. The summed E-state index contributed by atoms with van der Waals surface area (Å²) in [5.41, 5.74) is 2.85. The van der Waals surface area contributed by atoms with Crippen LogP contribution in [0, 0.1) is 36.5 Å². The van der Waals surface area contributed by atoms with Gasteiger partial charge in [-0.15, -0.1) is 0 Å². The lowest BCUT2D eigenvalue weighted by Gasteiger charge is -2.19. The quantitative estimate of drug-likeness (QED) is 0.363. The van der Waals surface area contributed by atoms with Gasteiger partial charge in [0.15, 0.2) is 11.1 Å². The van der Waals surface area contributed by atoms with Gasteiger partial charge in [0.2, 0.25) is 0 Å². The number of pyridine rings is 1. The number of benzene rings is 1. The number of rotatable bonds is 5. The fraction of sp³-hybridized carbons (Fsp3) is 0.269. The van der Waals surface area contributed by atoms with Gasteiger partial charge in [-0.25, -0.2) is 4.98 Å². The third-order valence-corrected chi connectivity index (χ3v) is 6.10. The third kappa shape index (κ3) is 4.37. The summed E-state index contributed by atoms with van der Waals surface area (Å²) in [4.78, 5) is 17.4. The summed E-state index contributed by atoms with van der Waals surface area (Å²) in [7, 11) is 0. The molecule has 0 saturated carbocycles. The minimum atomic E-state index is -0.852. The number of halogens is 1. The molecule has 3 heterocycles. The number of nitrogens with one attached hydrogen (secondary N) is 1. The average Bonchev–Trinajstić information content (AvgIpc) is 3.33. The molecule has 3 aromatic heterocycles. The Morgan fingerprint density at radius 2 is 1.97 bits per heavy atom. The zero-order chi connectivity index (χ0) is 25.5. The molecule has 8 nitrogen and oxygen atoms in total. The first-order valence-corrected chi connectivity index (χ1v) is 11.3. The van der Waals surface area contributed by atoms with Gasteiger partial charge in [0.05, 0.1) is 34.9 Å². The maximum Gasteiger partial charge on any atom is 0.196 e. The number of hydrogen-bond acceptors (Lipinski definition) is 7. The van der Waals surface area contributed by atoms with E-state index in [0.717, 1.165) is 11.1 Å². The number of aryl methyl sites for hydroxylation is 1. The van der Waals surface area contributed by atoms with Gasteiger partial charge in [-0.3, -0.25) is 9.48 Å². The van der Waals surface area contributed by atoms with E-state index in [1.165, 1.54) is 0 Å². The van der Waals surface area contributed by atoms with Gasteiger partial charge in [0.25, 0.3) is 0 Å². The molecule has 1 N–H and O–H groups in total. The Morgan fingerprint density at radius 3 is 2.66 bits per heavy atom. The number of fused-ring (bicyclic) bond motifs is 1. The lowest BCUT2D eigenvalue weighted by molar-refractivity contribution is 0.418. The smallest absolute Gasteiger partial charge is 0.196 e. The highest BCUT2D eigenvalue weighted by Gasteiger charge is 2.24. The zero-order valence-electron chi connectivity index (χ0n) is 20.0. The molecule has 0 bridgehead atoms. The van der Waals surface area contributed by atoms with E-state index in [0.29, 0.717) is 33.5 Å². The highest BCUT2D eigenvalue weighted by molar-refractivity contribution is 6.29. The minimum Gasteiger partial charge on any atom is -0.455 e. The Labute approximate surface area is 207 Å². The van der Waals surface area contributed by atoms with Crippen molar-refractivity contribution in [3.63, 3.8) is 0 Å². The van der Waals surface area contributed by atoms with Crippen molar-refractivity contribution in [1.29, 1.82) is 10.5 Å². The monoisotopic (exact) mass is 486 g/mol. The number of hydrogen-bond donors (Lipinski definition) is 1. The summed E-state index contributed by atoms with van der Waals surface area (Å²) in [5.74, 6) is 0.394. The van der Waals surface area contributed by atoms with E-state index in [-0.39, 0.29) is 22.3 Å². The summed E-state index contributed by atoms with van der Waals surface area (Å²) in [6.07, 6.45) is 3.29. The van der Waals surface area contributed by atoms with Crippen molar-refractivity contribution in [2.75, 3.05) is 5.32 Å². The van der Waals surface area contributed by atoms with Crippen LogP contribution in [0.25, 0.3) is 22.3 Å². The number of nitrogens with zero attached hydrogens (tertiary/aromatic N) is 5. The van der Waals surface area contributed by atoms with Crippen LogP contribution in [0.15, 0.2) is 45.9 Å². The largest absolute Gasteiger partial charge is 0.455 e. The standard InChI is InChI=1S/C26H23ClN6O2/c1-14-8-18(16(3)31-20-6-7-22(27)32-21(20)10-28)25-19(9-14)23(34)15(2)24(35-25)17-11-30-33(12-17)26(4,5)13-29/h6-9,11-12,16,31H,1-5H3. The predicted octanol–water partition coefficient (Wildman–Crippen LogP) is 5.63. The van der Waals surface area contributed by atoms with Crippen LogP contribution in [0.4, 0.5) is 5.69 Å². The second kappa shape index (κ2) is 8.90. The Balaban J connectivity index is 1.87. The second-order valence-corrected chi connectivity index (χ2v) is 9.36. The first-order chi connectivity index (χ1) is 16.6.